The number of ether oxygens (including phenoxy) is 2. The van der Waals surface area contributed by atoms with Crippen LogP contribution in [0.1, 0.15) is 43.9 Å². The minimum absolute atomic E-state index is 0.448. The van der Waals surface area contributed by atoms with E-state index in [9.17, 15) is 0 Å². The van der Waals surface area contributed by atoms with Gasteiger partial charge < -0.3 is 9.47 Å². The highest BCUT2D eigenvalue weighted by Crippen LogP contribution is 2.32. The second-order valence-corrected chi connectivity index (χ2v) is 5.88. The van der Waals surface area contributed by atoms with Gasteiger partial charge >= 0.3 is 0 Å². The highest BCUT2D eigenvalue weighted by molar-refractivity contribution is 5.41. The molecule has 0 radical (unpaired) electrons. The van der Waals surface area contributed by atoms with Crippen molar-refractivity contribution >= 4 is 0 Å². The minimum Gasteiger partial charge on any atom is -0.493 e. The predicted molar refractivity (Wildman–Crippen MR) is 78.9 cm³/mol. The molecule has 0 spiro atoms. The second kappa shape index (κ2) is 5.96. The quantitative estimate of drug-likeness (QED) is 0.721. The van der Waals surface area contributed by atoms with Crippen LogP contribution in [0.5, 0.6) is 5.75 Å². The molecule has 2 rings (SSSR count). The molecule has 1 saturated heterocycles. The third-order valence-corrected chi connectivity index (χ3v) is 3.96. The number of rotatable bonds is 6. The molecule has 1 aromatic carbocycles. The van der Waals surface area contributed by atoms with Gasteiger partial charge in [0.2, 0.25) is 0 Å². The lowest BCUT2D eigenvalue weighted by Crippen LogP contribution is -2.10. The van der Waals surface area contributed by atoms with Crippen molar-refractivity contribution in [2.24, 2.45) is 5.92 Å². The molecule has 1 fully saturated rings. The largest absolute Gasteiger partial charge is 0.493 e. The zero-order valence-corrected chi connectivity index (χ0v) is 12.8. The van der Waals surface area contributed by atoms with Crippen LogP contribution in [-0.4, -0.2) is 18.8 Å². The fraction of sp³-hybridized carbons (Fsp3) is 0.647. The van der Waals surface area contributed by atoms with E-state index in [0.29, 0.717) is 18.1 Å². The van der Waals surface area contributed by atoms with Gasteiger partial charge in [0, 0.05) is 0 Å². The van der Waals surface area contributed by atoms with E-state index in [-0.39, 0.29) is 0 Å². The van der Waals surface area contributed by atoms with Crippen LogP contribution in [0.2, 0.25) is 0 Å². The maximum atomic E-state index is 5.78. The number of aryl methyl sites for hydroxylation is 2. The van der Waals surface area contributed by atoms with Crippen LogP contribution >= 0.6 is 0 Å². The normalized spacial score (nSPS) is 23.2. The summed E-state index contributed by atoms with van der Waals surface area (Å²) in [5, 5.41) is 0. The Hall–Kier alpha value is -1.02. The van der Waals surface area contributed by atoms with Gasteiger partial charge in [0.15, 0.2) is 0 Å². The Labute approximate surface area is 117 Å². The SMILES string of the molecule is CCCOc1cc(C)c(CC(C)C2OC2C)cc1C. The van der Waals surface area contributed by atoms with Crippen LogP contribution in [0, 0.1) is 19.8 Å². The third-order valence-electron chi connectivity index (χ3n) is 3.96. The lowest BCUT2D eigenvalue weighted by Gasteiger charge is -2.15. The Morgan fingerprint density at radius 3 is 2.53 bits per heavy atom. The van der Waals surface area contributed by atoms with Gasteiger partial charge in [0.05, 0.1) is 18.8 Å². The number of hydrogen-bond donors (Lipinski definition) is 0. The Morgan fingerprint density at radius 2 is 1.95 bits per heavy atom. The van der Waals surface area contributed by atoms with Gasteiger partial charge in [-0.05, 0) is 62.3 Å². The summed E-state index contributed by atoms with van der Waals surface area (Å²) >= 11 is 0. The fourth-order valence-electron chi connectivity index (χ4n) is 2.70. The van der Waals surface area contributed by atoms with Crippen molar-refractivity contribution in [3.63, 3.8) is 0 Å². The molecule has 1 aliphatic rings. The summed E-state index contributed by atoms with van der Waals surface area (Å²) in [4.78, 5) is 0. The van der Waals surface area contributed by atoms with Gasteiger partial charge in [-0.3, -0.25) is 0 Å². The van der Waals surface area contributed by atoms with E-state index in [4.69, 9.17) is 9.47 Å². The molecule has 106 valence electrons. The van der Waals surface area contributed by atoms with Crippen LogP contribution in [0.4, 0.5) is 0 Å². The highest BCUT2D eigenvalue weighted by atomic mass is 16.6. The standard InChI is InChI=1S/C17H26O2/c1-6-7-18-16-10-11(2)15(8-12(16)3)9-13(4)17-14(5)19-17/h8,10,13-14,17H,6-7,9H2,1-5H3. The highest BCUT2D eigenvalue weighted by Gasteiger charge is 2.38. The van der Waals surface area contributed by atoms with Crippen molar-refractivity contribution in [3.8, 4) is 5.75 Å². The molecule has 0 saturated carbocycles. The van der Waals surface area contributed by atoms with Gasteiger partial charge in [-0.1, -0.05) is 19.9 Å². The monoisotopic (exact) mass is 262 g/mol. The van der Waals surface area contributed by atoms with Crippen LogP contribution in [0.25, 0.3) is 0 Å². The fourth-order valence-corrected chi connectivity index (χ4v) is 2.70. The van der Waals surface area contributed by atoms with Crippen molar-refractivity contribution in [1.29, 1.82) is 0 Å². The lowest BCUT2D eigenvalue weighted by atomic mass is 9.92. The van der Waals surface area contributed by atoms with Crippen molar-refractivity contribution in [1.82, 2.24) is 0 Å². The number of hydrogen-bond acceptors (Lipinski definition) is 2. The first kappa shape index (κ1) is 14.4. The molecule has 2 heteroatoms. The van der Waals surface area contributed by atoms with E-state index in [1.54, 1.807) is 0 Å². The van der Waals surface area contributed by atoms with Crippen molar-refractivity contribution in [2.45, 2.75) is 59.7 Å². The number of benzene rings is 1. The Kier molecular flexibility index (Phi) is 4.51. The summed E-state index contributed by atoms with van der Waals surface area (Å²) in [6.07, 6.45) is 3.04. The van der Waals surface area contributed by atoms with Crippen LogP contribution in [-0.2, 0) is 11.2 Å². The minimum atomic E-state index is 0.448. The van der Waals surface area contributed by atoms with Crippen molar-refractivity contribution in [3.05, 3.63) is 28.8 Å². The first-order valence-corrected chi connectivity index (χ1v) is 7.41. The average Bonchev–Trinajstić information content (AvgIpc) is 3.09. The van der Waals surface area contributed by atoms with Gasteiger partial charge in [0.25, 0.3) is 0 Å². The van der Waals surface area contributed by atoms with Crippen molar-refractivity contribution in [2.75, 3.05) is 6.61 Å². The topological polar surface area (TPSA) is 21.8 Å². The van der Waals surface area contributed by atoms with Gasteiger partial charge in [-0.25, -0.2) is 0 Å². The summed E-state index contributed by atoms with van der Waals surface area (Å²) in [6.45, 7) is 11.7. The Morgan fingerprint density at radius 1 is 1.26 bits per heavy atom. The molecule has 0 amide bonds. The molecule has 0 N–H and O–H groups in total. The Bertz CT molecular complexity index is 439. The molecule has 0 aliphatic carbocycles. The van der Waals surface area contributed by atoms with E-state index in [1.165, 1.54) is 16.7 Å². The second-order valence-electron chi connectivity index (χ2n) is 5.88. The summed E-state index contributed by atoms with van der Waals surface area (Å²) in [5.74, 6) is 1.63. The van der Waals surface area contributed by atoms with E-state index < -0.39 is 0 Å². The van der Waals surface area contributed by atoms with Gasteiger partial charge in [-0.15, -0.1) is 0 Å². The predicted octanol–water partition coefficient (Wildman–Crippen LogP) is 4.06. The molecule has 19 heavy (non-hydrogen) atoms. The van der Waals surface area contributed by atoms with Crippen molar-refractivity contribution < 1.29 is 9.47 Å². The molecule has 2 nitrogen and oxygen atoms in total. The van der Waals surface area contributed by atoms with E-state index in [1.807, 2.05) is 0 Å². The summed E-state index contributed by atoms with van der Waals surface area (Å²) in [5.41, 5.74) is 4.00. The van der Waals surface area contributed by atoms with Gasteiger partial charge in [-0.2, -0.15) is 0 Å². The van der Waals surface area contributed by atoms with Crippen LogP contribution in [0.15, 0.2) is 12.1 Å². The average molecular weight is 262 g/mol. The maximum Gasteiger partial charge on any atom is 0.122 e. The summed E-state index contributed by atoms with van der Waals surface area (Å²) in [6, 6.07) is 4.47. The summed E-state index contributed by atoms with van der Waals surface area (Å²) < 4.78 is 11.4. The first-order valence-electron chi connectivity index (χ1n) is 7.41. The molecule has 1 aromatic rings. The Balaban J connectivity index is 2.06. The maximum absolute atomic E-state index is 5.78. The molecule has 3 unspecified atom stereocenters. The third kappa shape index (κ3) is 3.50. The van der Waals surface area contributed by atoms with E-state index in [2.05, 4.69) is 46.8 Å². The summed E-state index contributed by atoms with van der Waals surface area (Å²) in [7, 11) is 0. The zero-order valence-electron chi connectivity index (χ0n) is 12.8. The first-order chi connectivity index (χ1) is 9.02. The van der Waals surface area contributed by atoms with Crippen LogP contribution < -0.4 is 4.74 Å². The molecule has 1 heterocycles. The lowest BCUT2D eigenvalue weighted by molar-refractivity contribution is 0.314. The smallest absolute Gasteiger partial charge is 0.122 e. The van der Waals surface area contributed by atoms with E-state index >= 15 is 0 Å². The van der Waals surface area contributed by atoms with E-state index in [0.717, 1.165) is 25.2 Å². The molecule has 3 atom stereocenters. The number of epoxide rings is 1. The molecular weight excluding hydrogens is 236 g/mol. The molecule has 0 aromatic heterocycles. The zero-order chi connectivity index (χ0) is 14.0. The van der Waals surface area contributed by atoms with Gasteiger partial charge in [0.1, 0.15) is 5.75 Å². The molecular formula is C17H26O2. The van der Waals surface area contributed by atoms with Crippen LogP contribution in [0.3, 0.4) is 0 Å². The molecule has 1 aliphatic heterocycles. The molecule has 0 bridgehead atoms.